The van der Waals surface area contributed by atoms with Gasteiger partial charge in [-0.05, 0) is 12.1 Å². The van der Waals surface area contributed by atoms with Gasteiger partial charge in [-0.15, -0.1) is 0 Å². The molecule has 0 fully saturated rings. The van der Waals surface area contributed by atoms with Gasteiger partial charge in [0.1, 0.15) is 12.4 Å². The van der Waals surface area contributed by atoms with Crippen LogP contribution in [-0.4, -0.2) is 32.4 Å². The molecule has 0 bridgehead atoms. The third kappa shape index (κ3) is 3.01. The van der Waals surface area contributed by atoms with Gasteiger partial charge in [-0.3, -0.25) is 4.79 Å². The third-order valence-electron chi connectivity index (χ3n) is 2.22. The lowest BCUT2D eigenvalue weighted by Crippen LogP contribution is -2.33. The number of nitrogens with one attached hydrogen (secondary N) is 1. The first-order valence-corrected chi connectivity index (χ1v) is 5.29. The molecule has 1 aliphatic rings. The molecule has 17 heavy (non-hydrogen) atoms. The normalized spacial score (nSPS) is 12.3. The Morgan fingerprint density at radius 3 is 3.06 bits per heavy atom. The predicted molar refractivity (Wildman–Crippen MR) is 60.1 cm³/mol. The van der Waals surface area contributed by atoms with E-state index in [1.165, 1.54) is 0 Å². The molecule has 2 rings (SSSR count). The molecule has 0 unspecified atom stereocenters. The summed E-state index contributed by atoms with van der Waals surface area (Å²) in [6.07, 6.45) is 0. The zero-order valence-electron chi connectivity index (χ0n) is 9.27. The van der Waals surface area contributed by atoms with Crippen molar-refractivity contribution in [3.63, 3.8) is 0 Å². The van der Waals surface area contributed by atoms with Crippen LogP contribution in [0.4, 0.5) is 0 Å². The van der Waals surface area contributed by atoms with Crippen LogP contribution >= 0.6 is 0 Å². The summed E-state index contributed by atoms with van der Waals surface area (Å²) in [6.45, 7) is 1.03. The maximum Gasteiger partial charge on any atom is 0.233 e. The standard InChI is InChI=1S/C11H14N2O4/c12-6-11(14)13-3-4-15-8-1-2-9-10(5-8)17-7-16-9/h1-2,5H,3-4,6-7,12H2,(H,13,14). The van der Waals surface area contributed by atoms with Gasteiger partial charge in [0.15, 0.2) is 11.5 Å². The van der Waals surface area contributed by atoms with Gasteiger partial charge in [0.05, 0.1) is 13.1 Å². The number of nitrogens with two attached hydrogens (primary N) is 1. The van der Waals surface area contributed by atoms with Crippen molar-refractivity contribution in [3.8, 4) is 17.2 Å². The van der Waals surface area contributed by atoms with E-state index in [0.29, 0.717) is 30.4 Å². The second kappa shape index (κ2) is 5.40. The van der Waals surface area contributed by atoms with Crippen LogP contribution in [-0.2, 0) is 4.79 Å². The lowest BCUT2D eigenvalue weighted by atomic mass is 10.3. The highest BCUT2D eigenvalue weighted by molar-refractivity contribution is 5.77. The topological polar surface area (TPSA) is 82.8 Å². The lowest BCUT2D eigenvalue weighted by Gasteiger charge is -2.07. The van der Waals surface area contributed by atoms with Crippen molar-refractivity contribution in [3.05, 3.63) is 18.2 Å². The second-order valence-corrected chi connectivity index (χ2v) is 3.42. The second-order valence-electron chi connectivity index (χ2n) is 3.42. The van der Waals surface area contributed by atoms with Crippen LogP contribution in [0.1, 0.15) is 0 Å². The summed E-state index contributed by atoms with van der Waals surface area (Å²) < 4.78 is 15.8. The molecule has 1 aromatic carbocycles. The molecule has 6 nitrogen and oxygen atoms in total. The van der Waals surface area contributed by atoms with Crippen molar-refractivity contribution >= 4 is 5.91 Å². The Morgan fingerprint density at radius 1 is 1.41 bits per heavy atom. The lowest BCUT2D eigenvalue weighted by molar-refractivity contribution is -0.119. The quantitative estimate of drug-likeness (QED) is 0.698. The highest BCUT2D eigenvalue weighted by atomic mass is 16.7. The highest BCUT2D eigenvalue weighted by Crippen LogP contribution is 2.34. The summed E-state index contributed by atoms with van der Waals surface area (Å²) in [6, 6.07) is 5.33. The van der Waals surface area contributed by atoms with Crippen LogP contribution in [0.2, 0.25) is 0 Å². The van der Waals surface area contributed by atoms with Crippen molar-refractivity contribution in [1.82, 2.24) is 5.32 Å². The summed E-state index contributed by atoms with van der Waals surface area (Å²) >= 11 is 0. The molecule has 6 heteroatoms. The zero-order chi connectivity index (χ0) is 12.1. The Kier molecular flexibility index (Phi) is 3.66. The summed E-state index contributed by atoms with van der Waals surface area (Å²) in [7, 11) is 0. The Labute approximate surface area is 98.6 Å². The smallest absolute Gasteiger partial charge is 0.233 e. The Bertz CT molecular complexity index is 408. The number of hydrogen-bond donors (Lipinski definition) is 2. The van der Waals surface area contributed by atoms with Crippen LogP contribution < -0.4 is 25.3 Å². The van der Waals surface area contributed by atoms with E-state index in [9.17, 15) is 4.79 Å². The van der Waals surface area contributed by atoms with Gasteiger partial charge in [0, 0.05) is 6.07 Å². The molecule has 1 aromatic rings. The van der Waals surface area contributed by atoms with Crippen molar-refractivity contribution < 1.29 is 19.0 Å². The van der Waals surface area contributed by atoms with E-state index in [2.05, 4.69) is 5.32 Å². The highest BCUT2D eigenvalue weighted by Gasteiger charge is 2.13. The number of benzene rings is 1. The van der Waals surface area contributed by atoms with Gasteiger partial charge < -0.3 is 25.3 Å². The fraction of sp³-hybridized carbons (Fsp3) is 0.364. The van der Waals surface area contributed by atoms with E-state index in [-0.39, 0.29) is 19.2 Å². The average Bonchev–Trinajstić information content (AvgIpc) is 2.81. The van der Waals surface area contributed by atoms with Crippen LogP contribution in [0.15, 0.2) is 18.2 Å². The van der Waals surface area contributed by atoms with Crippen molar-refractivity contribution in [1.29, 1.82) is 0 Å². The molecule has 92 valence electrons. The van der Waals surface area contributed by atoms with E-state index in [0.717, 1.165) is 0 Å². The molecular formula is C11H14N2O4. The average molecular weight is 238 g/mol. The first-order valence-electron chi connectivity index (χ1n) is 5.29. The van der Waals surface area contributed by atoms with Gasteiger partial charge in [-0.25, -0.2) is 0 Å². The van der Waals surface area contributed by atoms with Crippen LogP contribution in [0.5, 0.6) is 17.2 Å². The number of carbonyl (C=O) groups excluding carboxylic acids is 1. The van der Waals surface area contributed by atoms with Gasteiger partial charge in [-0.2, -0.15) is 0 Å². The summed E-state index contributed by atoms with van der Waals surface area (Å²) in [5.74, 6) is 1.87. The fourth-order valence-corrected chi connectivity index (χ4v) is 1.40. The van der Waals surface area contributed by atoms with Gasteiger partial charge in [0.25, 0.3) is 0 Å². The number of carbonyl (C=O) groups is 1. The predicted octanol–water partition coefficient (Wildman–Crippen LogP) is -0.131. The summed E-state index contributed by atoms with van der Waals surface area (Å²) in [5.41, 5.74) is 5.14. The maximum atomic E-state index is 10.8. The van der Waals surface area contributed by atoms with E-state index >= 15 is 0 Å². The number of fused-ring (bicyclic) bond motifs is 1. The zero-order valence-corrected chi connectivity index (χ0v) is 9.27. The molecule has 1 aliphatic heterocycles. The van der Waals surface area contributed by atoms with Crippen LogP contribution in [0.3, 0.4) is 0 Å². The molecule has 0 saturated heterocycles. The SMILES string of the molecule is NCC(=O)NCCOc1ccc2c(c1)OCO2. The molecule has 0 radical (unpaired) electrons. The monoisotopic (exact) mass is 238 g/mol. The van der Waals surface area contributed by atoms with E-state index in [4.69, 9.17) is 19.9 Å². The first-order chi connectivity index (χ1) is 8.29. The minimum Gasteiger partial charge on any atom is -0.492 e. The van der Waals surface area contributed by atoms with Gasteiger partial charge >= 0.3 is 0 Å². The number of rotatable bonds is 5. The first kappa shape index (κ1) is 11.5. The van der Waals surface area contributed by atoms with Gasteiger partial charge in [-0.1, -0.05) is 0 Å². The number of hydrogen-bond acceptors (Lipinski definition) is 5. The molecule has 0 aromatic heterocycles. The molecule has 0 spiro atoms. The molecule has 1 heterocycles. The summed E-state index contributed by atoms with van der Waals surface area (Å²) in [4.78, 5) is 10.8. The summed E-state index contributed by atoms with van der Waals surface area (Å²) in [5, 5.41) is 2.61. The minimum atomic E-state index is -0.195. The Morgan fingerprint density at radius 2 is 2.24 bits per heavy atom. The van der Waals surface area contributed by atoms with Crippen molar-refractivity contribution in [2.75, 3.05) is 26.5 Å². The van der Waals surface area contributed by atoms with E-state index in [1.807, 2.05) is 0 Å². The minimum absolute atomic E-state index is 0.00990. The molecule has 0 aliphatic carbocycles. The number of ether oxygens (including phenoxy) is 3. The van der Waals surface area contributed by atoms with Crippen LogP contribution in [0.25, 0.3) is 0 Å². The molecular weight excluding hydrogens is 224 g/mol. The van der Waals surface area contributed by atoms with Crippen molar-refractivity contribution in [2.45, 2.75) is 0 Å². The molecule has 3 N–H and O–H groups in total. The maximum absolute atomic E-state index is 10.8. The van der Waals surface area contributed by atoms with Gasteiger partial charge in [0.2, 0.25) is 12.7 Å². The fourth-order valence-electron chi connectivity index (χ4n) is 1.40. The molecule has 0 saturated carbocycles. The van der Waals surface area contributed by atoms with Crippen molar-refractivity contribution in [2.24, 2.45) is 5.73 Å². The molecule has 0 atom stereocenters. The van der Waals surface area contributed by atoms with E-state index in [1.54, 1.807) is 18.2 Å². The number of amides is 1. The third-order valence-corrected chi connectivity index (χ3v) is 2.22. The van der Waals surface area contributed by atoms with Crippen LogP contribution in [0, 0.1) is 0 Å². The van der Waals surface area contributed by atoms with E-state index < -0.39 is 0 Å². The molecule has 1 amide bonds. The Hall–Kier alpha value is -1.95. The largest absolute Gasteiger partial charge is 0.492 e. The Balaban J connectivity index is 1.78.